The molecule has 98 valence electrons. The van der Waals surface area contributed by atoms with E-state index in [-0.39, 0.29) is 5.02 Å². The van der Waals surface area contributed by atoms with Crippen molar-refractivity contribution < 1.29 is 4.39 Å². The van der Waals surface area contributed by atoms with Gasteiger partial charge in [-0.3, -0.25) is 0 Å². The summed E-state index contributed by atoms with van der Waals surface area (Å²) in [6, 6.07) is 13.5. The normalized spacial score (nSPS) is 14.4. The van der Waals surface area contributed by atoms with E-state index in [2.05, 4.69) is 29.6 Å². The van der Waals surface area contributed by atoms with Crippen LogP contribution in [0.2, 0.25) is 5.02 Å². The Kier molecular flexibility index (Phi) is 3.43. The van der Waals surface area contributed by atoms with Crippen molar-refractivity contribution in [2.75, 3.05) is 5.32 Å². The second-order valence-electron chi connectivity index (χ2n) is 4.97. The molecule has 1 aliphatic carbocycles. The van der Waals surface area contributed by atoms with Gasteiger partial charge in [-0.25, -0.2) is 4.39 Å². The lowest BCUT2D eigenvalue weighted by Crippen LogP contribution is -2.01. The van der Waals surface area contributed by atoms with Crippen LogP contribution in [0, 0.1) is 5.82 Å². The molecule has 2 aromatic carbocycles. The van der Waals surface area contributed by atoms with Crippen LogP contribution in [0.25, 0.3) is 0 Å². The molecular weight excluding hydrogens is 261 g/mol. The number of nitrogens with one attached hydrogen (secondary N) is 1. The van der Waals surface area contributed by atoms with Gasteiger partial charge in [0, 0.05) is 6.54 Å². The van der Waals surface area contributed by atoms with Crippen LogP contribution in [-0.4, -0.2) is 0 Å². The Morgan fingerprint density at radius 2 is 1.84 bits per heavy atom. The van der Waals surface area contributed by atoms with E-state index in [1.165, 1.54) is 18.4 Å². The third-order valence-corrected chi connectivity index (χ3v) is 3.75. The molecule has 0 heterocycles. The molecule has 0 spiro atoms. The fourth-order valence-electron chi connectivity index (χ4n) is 2.16. The van der Waals surface area contributed by atoms with E-state index in [1.54, 1.807) is 18.2 Å². The maximum atomic E-state index is 13.7. The molecule has 0 aromatic heterocycles. The summed E-state index contributed by atoms with van der Waals surface area (Å²) in [5.74, 6) is 0.381. The largest absolute Gasteiger partial charge is 0.379 e. The minimum absolute atomic E-state index is 0.147. The summed E-state index contributed by atoms with van der Waals surface area (Å²) in [6.45, 7) is 0.599. The molecule has 0 radical (unpaired) electrons. The monoisotopic (exact) mass is 275 g/mol. The Morgan fingerprint density at radius 1 is 1.11 bits per heavy atom. The van der Waals surface area contributed by atoms with Crippen LogP contribution >= 0.6 is 11.6 Å². The van der Waals surface area contributed by atoms with Gasteiger partial charge in [0.25, 0.3) is 0 Å². The third kappa shape index (κ3) is 2.90. The third-order valence-electron chi connectivity index (χ3n) is 3.46. The zero-order valence-electron chi connectivity index (χ0n) is 10.5. The molecule has 0 aliphatic heterocycles. The predicted octanol–water partition coefficient (Wildman–Crippen LogP) is 4.97. The van der Waals surface area contributed by atoms with E-state index < -0.39 is 5.82 Å². The zero-order valence-corrected chi connectivity index (χ0v) is 11.3. The minimum atomic E-state index is -0.390. The topological polar surface area (TPSA) is 12.0 Å². The van der Waals surface area contributed by atoms with Crippen LogP contribution in [-0.2, 0) is 6.54 Å². The minimum Gasteiger partial charge on any atom is -0.379 e. The first-order valence-corrected chi connectivity index (χ1v) is 6.88. The number of anilines is 1. The highest BCUT2D eigenvalue weighted by atomic mass is 35.5. The lowest BCUT2D eigenvalue weighted by molar-refractivity contribution is 0.630. The Balaban J connectivity index is 1.66. The molecule has 1 aliphatic rings. The second kappa shape index (κ2) is 5.22. The number of hydrogen-bond donors (Lipinski definition) is 1. The quantitative estimate of drug-likeness (QED) is 0.831. The number of halogens is 2. The van der Waals surface area contributed by atoms with Gasteiger partial charge in [0.05, 0.1) is 10.7 Å². The van der Waals surface area contributed by atoms with Crippen molar-refractivity contribution in [3.8, 4) is 0 Å². The van der Waals surface area contributed by atoms with Gasteiger partial charge < -0.3 is 5.32 Å². The standard InChI is InChI=1S/C16H15ClFN/c17-14-2-1-3-15(16(14)18)19-10-11-4-6-12(7-5-11)13-8-9-13/h1-7,13,19H,8-10H2. The van der Waals surface area contributed by atoms with E-state index >= 15 is 0 Å². The van der Waals surface area contributed by atoms with Gasteiger partial charge >= 0.3 is 0 Å². The Bertz CT molecular complexity index is 576. The molecule has 1 saturated carbocycles. The molecule has 2 aromatic rings. The number of rotatable bonds is 4. The average Bonchev–Trinajstić information content (AvgIpc) is 3.26. The van der Waals surface area contributed by atoms with Crippen LogP contribution in [0.1, 0.15) is 29.9 Å². The van der Waals surface area contributed by atoms with Gasteiger partial charge in [-0.1, -0.05) is 41.9 Å². The Hall–Kier alpha value is -1.54. The van der Waals surface area contributed by atoms with Gasteiger partial charge in [0.2, 0.25) is 0 Å². The van der Waals surface area contributed by atoms with Crippen LogP contribution in [0.3, 0.4) is 0 Å². The van der Waals surface area contributed by atoms with Gasteiger partial charge in [-0.2, -0.15) is 0 Å². The first kappa shape index (κ1) is 12.5. The van der Waals surface area contributed by atoms with Crippen molar-refractivity contribution in [1.82, 2.24) is 0 Å². The van der Waals surface area contributed by atoms with Gasteiger partial charge in [-0.15, -0.1) is 0 Å². The lowest BCUT2D eigenvalue weighted by atomic mass is 10.1. The summed E-state index contributed by atoms with van der Waals surface area (Å²) in [5, 5.41) is 3.22. The first-order chi connectivity index (χ1) is 9.24. The molecule has 1 fully saturated rings. The fraction of sp³-hybridized carbons (Fsp3) is 0.250. The maximum Gasteiger partial charge on any atom is 0.164 e. The highest BCUT2D eigenvalue weighted by Gasteiger charge is 2.22. The molecular formula is C16H15ClFN. The first-order valence-electron chi connectivity index (χ1n) is 6.51. The molecule has 19 heavy (non-hydrogen) atoms. The molecule has 0 amide bonds. The summed E-state index contributed by atoms with van der Waals surface area (Å²) >= 11 is 5.74. The van der Waals surface area contributed by atoms with E-state index in [1.807, 2.05) is 0 Å². The second-order valence-corrected chi connectivity index (χ2v) is 5.38. The highest BCUT2D eigenvalue weighted by molar-refractivity contribution is 6.31. The van der Waals surface area contributed by atoms with Crippen molar-refractivity contribution in [2.24, 2.45) is 0 Å². The average molecular weight is 276 g/mol. The lowest BCUT2D eigenvalue weighted by Gasteiger charge is -2.09. The van der Waals surface area contributed by atoms with Crippen LogP contribution in [0.15, 0.2) is 42.5 Å². The molecule has 1 N–H and O–H groups in total. The molecule has 0 saturated heterocycles. The summed E-state index contributed by atoms with van der Waals surface area (Å²) in [6.07, 6.45) is 2.62. The number of hydrogen-bond acceptors (Lipinski definition) is 1. The summed E-state index contributed by atoms with van der Waals surface area (Å²) in [7, 11) is 0. The predicted molar refractivity (Wildman–Crippen MR) is 77.2 cm³/mol. The van der Waals surface area contributed by atoms with E-state index in [4.69, 9.17) is 11.6 Å². The molecule has 0 atom stereocenters. The van der Waals surface area contributed by atoms with Gasteiger partial charge in [0.15, 0.2) is 5.82 Å². The van der Waals surface area contributed by atoms with Crippen molar-refractivity contribution >= 4 is 17.3 Å². The Morgan fingerprint density at radius 3 is 2.53 bits per heavy atom. The van der Waals surface area contributed by atoms with Gasteiger partial charge in [0.1, 0.15) is 0 Å². The van der Waals surface area contributed by atoms with E-state index in [9.17, 15) is 4.39 Å². The van der Waals surface area contributed by atoms with E-state index in [0.29, 0.717) is 12.2 Å². The van der Waals surface area contributed by atoms with E-state index in [0.717, 1.165) is 11.5 Å². The molecule has 3 rings (SSSR count). The zero-order chi connectivity index (χ0) is 13.2. The SMILES string of the molecule is Fc1c(Cl)cccc1NCc1ccc(C2CC2)cc1. The fourth-order valence-corrected chi connectivity index (χ4v) is 2.34. The van der Waals surface area contributed by atoms with Crippen molar-refractivity contribution in [2.45, 2.75) is 25.3 Å². The summed E-state index contributed by atoms with van der Waals surface area (Å²) in [5.41, 5.74) is 3.00. The van der Waals surface area contributed by atoms with Crippen molar-refractivity contribution in [1.29, 1.82) is 0 Å². The number of benzene rings is 2. The van der Waals surface area contributed by atoms with Gasteiger partial charge in [-0.05, 0) is 42.0 Å². The molecule has 0 unspecified atom stereocenters. The van der Waals surface area contributed by atoms with Crippen LogP contribution < -0.4 is 5.32 Å². The Labute approximate surface area is 117 Å². The summed E-state index contributed by atoms with van der Waals surface area (Å²) < 4.78 is 13.7. The smallest absolute Gasteiger partial charge is 0.164 e. The van der Waals surface area contributed by atoms with Crippen molar-refractivity contribution in [3.63, 3.8) is 0 Å². The van der Waals surface area contributed by atoms with Crippen LogP contribution in [0.5, 0.6) is 0 Å². The summed E-state index contributed by atoms with van der Waals surface area (Å²) in [4.78, 5) is 0. The molecule has 3 heteroatoms. The molecule has 0 bridgehead atoms. The highest BCUT2D eigenvalue weighted by Crippen LogP contribution is 2.39. The molecule has 1 nitrogen and oxygen atoms in total. The maximum absolute atomic E-state index is 13.7. The van der Waals surface area contributed by atoms with Crippen molar-refractivity contribution in [3.05, 3.63) is 64.4 Å². The van der Waals surface area contributed by atoms with Crippen LogP contribution in [0.4, 0.5) is 10.1 Å².